The molecule has 16 heavy (non-hydrogen) atoms. The van der Waals surface area contributed by atoms with Gasteiger partial charge in [0.25, 0.3) is 0 Å². The van der Waals surface area contributed by atoms with E-state index >= 15 is 0 Å². The molecule has 2 unspecified atom stereocenters. The Hall–Kier alpha value is -0.750. The zero-order valence-electron chi connectivity index (χ0n) is 9.77. The van der Waals surface area contributed by atoms with Gasteiger partial charge in [0.05, 0.1) is 10.9 Å². The fourth-order valence-corrected chi connectivity index (χ4v) is 3.02. The molecule has 0 radical (unpaired) electrons. The minimum absolute atomic E-state index is 0.0728. The highest BCUT2D eigenvalue weighted by Crippen LogP contribution is 2.32. The number of thioether (sulfide) groups is 1. The second kappa shape index (κ2) is 4.63. The predicted molar refractivity (Wildman–Crippen MR) is 63.1 cm³/mol. The van der Waals surface area contributed by atoms with Crippen LogP contribution in [0.5, 0.6) is 0 Å². The summed E-state index contributed by atoms with van der Waals surface area (Å²) in [6, 6.07) is -0.745. The van der Waals surface area contributed by atoms with E-state index in [0.717, 1.165) is 6.42 Å². The number of hydrogen-bond donors (Lipinski definition) is 2. The zero-order chi connectivity index (χ0) is 12.5. The van der Waals surface area contributed by atoms with Crippen LogP contribution in [-0.2, 0) is 9.59 Å². The minimum Gasteiger partial charge on any atom is -0.480 e. The smallest absolute Gasteiger partial charge is 0.327 e. The second-order valence-corrected chi connectivity index (χ2v) is 5.70. The number of nitrogens with zero attached hydrogens (tertiary/aromatic N) is 1. The Balaban J connectivity index is 2.95. The first-order valence-corrected chi connectivity index (χ1v) is 6.30. The van der Waals surface area contributed by atoms with Crippen molar-refractivity contribution in [2.45, 2.75) is 44.1 Å². The molecule has 6 heteroatoms. The Morgan fingerprint density at radius 2 is 2.12 bits per heavy atom. The average Bonchev–Trinajstić information content (AvgIpc) is 2.57. The molecule has 0 saturated carbocycles. The highest BCUT2D eigenvalue weighted by Gasteiger charge is 2.44. The number of nitrogens with two attached hydrogens (primary N) is 1. The van der Waals surface area contributed by atoms with Gasteiger partial charge in [-0.05, 0) is 20.3 Å². The van der Waals surface area contributed by atoms with E-state index in [0.29, 0.717) is 5.75 Å². The highest BCUT2D eigenvalue weighted by atomic mass is 32.2. The van der Waals surface area contributed by atoms with Gasteiger partial charge in [-0.2, -0.15) is 0 Å². The van der Waals surface area contributed by atoms with Crippen molar-refractivity contribution < 1.29 is 14.7 Å². The SMILES string of the molecule is CCC1SCC(C(=O)O)N1C(=O)C(C)(C)N. The molecule has 3 N–H and O–H groups in total. The molecule has 1 saturated heterocycles. The van der Waals surface area contributed by atoms with E-state index in [4.69, 9.17) is 10.8 Å². The number of carbonyl (C=O) groups excluding carboxylic acids is 1. The molecule has 0 bridgehead atoms. The summed E-state index contributed by atoms with van der Waals surface area (Å²) < 4.78 is 0. The summed E-state index contributed by atoms with van der Waals surface area (Å²) in [5, 5.41) is 8.99. The topological polar surface area (TPSA) is 83.6 Å². The van der Waals surface area contributed by atoms with Gasteiger partial charge in [0.15, 0.2) is 0 Å². The zero-order valence-corrected chi connectivity index (χ0v) is 10.6. The summed E-state index contributed by atoms with van der Waals surface area (Å²) in [7, 11) is 0. The van der Waals surface area contributed by atoms with Crippen LogP contribution in [0.15, 0.2) is 0 Å². The number of rotatable bonds is 3. The van der Waals surface area contributed by atoms with Crippen molar-refractivity contribution >= 4 is 23.6 Å². The first-order valence-electron chi connectivity index (χ1n) is 5.25. The highest BCUT2D eigenvalue weighted by molar-refractivity contribution is 8.00. The van der Waals surface area contributed by atoms with Gasteiger partial charge in [-0.15, -0.1) is 11.8 Å². The fourth-order valence-electron chi connectivity index (χ4n) is 1.67. The van der Waals surface area contributed by atoms with Crippen molar-refractivity contribution in [1.29, 1.82) is 0 Å². The summed E-state index contributed by atoms with van der Waals surface area (Å²) in [4.78, 5) is 24.6. The third-order valence-corrected chi connectivity index (χ3v) is 3.97. The van der Waals surface area contributed by atoms with Gasteiger partial charge in [0.2, 0.25) is 5.91 Å². The van der Waals surface area contributed by atoms with Gasteiger partial charge in [-0.3, -0.25) is 4.79 Å². The predicted octanol–water partition coefficient (Wildman–Crippen LogP) is 0.488. The third-order valence-electron chi connectivity index (χ3n) is 2.51. The number of carbonyl (C=O) groups is 2. The lowest BCUT2D eigenvalue weighted by Crippen LogP contribution is -2.56. The van der Waals surface area contributed by atoms with Crippen LogP contribution < -0.4 is 5.73 Å². The fraction of sp³-hybridized carbons (Fsp3) is 0.800. The van der Waals surface area contributed by atoms with E-state index in [1.54, 1.807) is 13.8 Å². The van der Waals surface area contributed by atoms with Gasteiger partial charge < -0.3 is 15.7 Å². The molecule has 0 spiro atoms. The summed E-state index contributed by atoms with van der Waals surface area (Å²) in [6.07, 6.45) is 0.732. The van der Waals surface area contributed by atoms with Crippen molar-refractivity contribution in [3.05, 3.63) is 0 Å². The van der Waals surface area contributed by atoms with Crippen LogP contribution in [0.2, 0.25) is 0 Å². The molecule has 1 rings (SSSR count). The first kappa shape index (κ1) is 13.3. The van der Waals surface area contributed by atoms with Crippen LogP contribution >= 0.6 is 11.8 Å². The first-order chi connectivity index (χ1) is 7.29. The second-order valence-electron chi connectivity index (χ2n) is 4.48. The van der Waals surface area contributed by atoms with Crippen LogP contribution in [0.4, 0.5) is 0 Å². The number of aliphatic carboxylic acids is 1. The Kier molecular flexibility index (Phi) is 3.85. The monoisotopic (exact) mass is 246 g/mol. The number of amides is 1. The van der Waals surface area contributed by atoms with Crippen molar-refractivity contribution in [3.63, 3.8) is 0 Å². The van der Waals surface area contributed by atoms with Crippen molar-refractivity contribution in [2.75, 3.05) is 5.75 Å². The van der Waals surface area contributed by atoms with Crippen LogP contribution in [0.25, 0.3) is 0 Å². The van der Waals surface area contributed by atoms with Crippen molar-refractivity contribution in [3.8, 4) is 0 Å². The molecule has 5 nitrogen and oxygen atoms in total. The molecule has 1 amide bonds. The lowest BCUT2D eigenvalue weighted by molar-refractivity contribution is -0.151. The lowest BCUT2D eigenvalue weighted by atomic mass is 10.0. The lowest BCUT2D eigenvalue weighted by Gasteiger charge is -2.32. The molecular weight excluding hydrogens is 228 g/mol. The third kappa shape index (κ3) is 2.49. The van der Waals surface area contributed by atoms with Crippen molar-refractivity contribution in [2.24, 2.45) is 5.73 Å². The number of carboxylic acid groups (broad SMARTS) is 1. The van der Waals surface area contributed by atoms with E-state index in [9.17, 15) is 9.59 Å². The van der Waals surface area contributed by atoms with E-state index in [2.05, 4.69) is 0 Å². The molecule has 0 aromatic rings. The molecule has 92 valence electrons. The van der Waals surface area contributed by atoms with E-state index < -0.39 is 17.6 Å². The van der Waals surface area contributed by atoms with E-state index in [1.165, 1.54) is 16.7 Å². The molecule has 1 fully saturated rings. The van der Waals surface area contributed by atoms with Gasteiger partial charge in [0.1, 0.15) is 6.04 Å². The normalized spacial score (nSPS) is 25.9. The largest absolute Gasteiger partial charge is 0.480 e. The molecule has 2 atom stereocenters. The van der Waals surface area contributed by atoms with Gasteiger partial charge in [-0.1, -0.05) is 6.92 Å². The summed E-state index contributed by atoms with van der Waals surface area (Å²) in [6.45, 7) is 5.14. The average molecular weight is 246 g/mol. The molecule has 1 aliphatic rings. The van der Waals surface area contributed by atoms with E-state index in [-0.39, 0.29) is 11.3 Å². The standard InChI is InChI=1S/C10H18N2O3S/c1-4-7-12(9(15)10(2,3)11)6(5-16-7)8(13)14/h6-7H,4-5,11H2,1-3H3,(H,13,14). The Bertz CT molecular complexity index is 301. The molecule has 1 aliphatic heterocycles. The summed E-state index contributed by atoms with van der Waals surface area (Å²) in [5.41, 5.74) is 4.72. The maximum Gasteiger partial charge on any atom is 0.327 e. The quantitative estimate of drug-likeness (QED) is 0.757. The Morgan fingerprint density at radius 3 is 2.50 bits per heavy atom. The number of hydrogen-bond acceptors (Lipinski definition) is 4. The van der Waals surface area contributed by atoms with Crippen LogP contribution in [0, 0.1) is 0 Å². The molecule has 0 aromatic heterocycles. The molecular formula is C10H18N2O3S. The molecule has 0 aromatic carbocycles. The summed E-state index contributed by atoms with van der Waals surface area (Å²) >= 11 is 1.50. The van der Waals surface area contributed by atoms with Gasteiger partial charge in [-0.25, -0.2) is 4.79 Å². The van der Waals surface area contributed by atoms with Crippen LogP contribution in [0.1, 0.15) is 27.2 Å². The molecule has 1 heterocycles. The van der Waals surface area contributed by atoms with Gasteiger partial charge in [0, 0.05) is 5.75 Å². The van der Waals surface area contributed by atoms with Crippen LogP contribution in [0.3, 0.4) is 0 Å². The van der Waals surface area contributed by atoms with Crippen LogP contribution in [-0.4, -0.2) is 44.6 Å². The summed E-state index contributed by atoms with van der Waals surface area (Å²) in [5.74, 6) is -0.812. The Morgan fingerprint density at radius 1 is 1.56 bits per heavy atom. The molecule has 0 aliphatic carbocycles. The van der Waals surface area contributed by atoms with E-state index in [1.807, 2.05) is 6.92 Å². The number of carboxylic acids is 1. The maximum atomic E-state index is 12.1. The van der Waals surface area contributed by atoms with Crippen molar-refractivity contribution in [1.82, 2.24) is 4.90 Å². The Labute approximate surface area is 99.4 Å². The van der Waals surface area contributed by atoms with Gasteiger partial charge >= 0.3 is 5.97 Å². The minimum atomic E-state index is -1.02. The maximum absolute atomic E-state index is 12.1.